The van der Waals surface area contributed by atoms with Gasteiger partial charge in [-0.25, -0.2) is 0 Å². The fourth-order valence-corrected chi connectivity index (χ4v) is 1.25. The molecule has 4 heteroatoms. The van der Waals surface area contributed by atoms with Gasteiger partial charge in [-0.05, 0) is 6.92 Å². The first-order valence-corrected chi connectivity index (χ1v) is 3.35. The maximum atomic E-state index is 10.2. The van der Waals surface area contributed by atoms with Crippen LogP contribution in [0.1, 0.15) is 6.92 Å². The highest BCUT2D eigenvalue weighted by atomic mass is 28.3. The molecule has 0 aliphatic carbocycles. The maximum absolute atomic E-state index is 10.2. The van der Waals surface area contributed by atoms with E-state index in [1.807, 2.05) is 6.92 Å². The molecule has 1 saturated heterocycles. The molecule has 1 aliphatic heterocycles. The first kappa shape index (κ1) is 4.77. The van der Waals surface area contributed by atoms with Gasteiger partial charge in [0.15, 0.2) is 0 Å². The van der Waals surface area contributed by atoms with Gasteiger partial charge < -0.3 is 8.85 Å². The summed E-state index contributed by atoms with van der Waals surface area (Å²) in [5, 5.41) is 0. The third kappa shape index (κ3) is 0.990. The average molecular weight is 118 g/mol. The van der Waals surface area contributed by atoms with E-state index in [0.717, 1.165) is 0 Å². The first-order chi connectivity index (χ1) is 3.29. The lowest BCUT2D eigenvalue weighted by atomic mass is 10.5. The van der Waals surface area contributed by atoms with Crippen molar-refractivity contribution >= 4 is 9.17 Å². The van der Waals surface area contributed by atoms with Crippen LogP contribution in [0.3, 0.4) is 0 Å². The van der Waals surface area contributed by atoms with Gasteiger partial charge in [0.05, 0.1) is 0 Å². The molecule has 0 N–H and O–H groups in total. The zero-order valence-electron chi connectivity index (χ0n) is 4.01. The topological polar surface area (TPSA) is 35.5 Å². The van der Waals surface area contributed by atoms with Crippen molar-refractivity contribution in [1.82, 2.24) is 0 Å². The van der Waals surface area contributed by atoms with Crippen LogP contribution in [0.15, 0.2) is 0 Å². The Morgan fingerprint density at radius 1 is 1.86 bits per heavy atom. The van der Waals surface area contributed by atoms with Crippen molar-refractivity contribution in [2.75, 3.05) is 6.61 Å². The van der Waals surface area contributed by atoms with Crippen molar-refractivity contribution in [2.24, 2.45) is 0 Å². The smallest absolute Gasteiger partial charge is 0.492 e. The van der Waals surface area contributed by atoms with Gasteiger partial charge in [-0.2, -0.15) is 0 Å². The summed E-state index contributed by atoms with van der Waals surface area (Å²) in [5.41, 5.74) is 0. The second kappa shape index (κ2) is 1.61. The van der Waals surface area contributed by atoms with Gasteiger partial charge in [0.25, 0.3) is 0 Å². The monoisotopic (exact) mass is 118 g/mol. The molecule has 3 nitrogen and oxygen atoms in total. The Bertz CT molecular complexity index is 92.2. The second-order valence-electron chi connectivity index (χ2n) is 1.49. The average Bonchev–Trinajstić information content (AvgIpc) is 1.87. The van der Waals surface area contributed by atoms with Gasteiger partial charge in [-0.3, -0.25) is 4.46 Å². The van der Waals surface area contributed by atoms with Gasteiger partial charge in [0, 0.05) is 0 Å². The molecular weight excluding hydrogens is 112 g/mol. The molecule has 1 unspecified atom stereocenters. The highest BCUT2D eigenvalue weighted by Crippen LogP contribution is 1.99. The van der Waals surface area contributed by atoms with Crippen LogP contribution in [0, 0.1) is 0 Å². The van der Waals surface area contributed by atoms with Crippen LogP contribution in [0.5, 0.6) is 0 Å². The molecule has 0 aromatic rings. The van der Waals surface area contributed by atoms with Gasteiger partial charge in [0.1, 0.15) is 12.7 Å². The zero-order valence-corrected chi connectivity index (χ0v) is 5.01. The summed E-state index contributed by atoms with van der Waals surface area (Å²) in [6, 6.07) is 0. The summed E-state index contributed by atoms with van der Waals surface area (Å²) in [4.78, 5) is 0. The highest BCUT2D eigenvalue weighted by Gasteiger charge is 2.23. The largest absolute Gasteiger partial charge is 0.767 e. The van der Waals surface area contributed by atoms with E-state index in [9.17, 15) is 4.46 Å². The van der Waals surface area contributed by atoms with E-state index in [0.29, 0.717) is 6.61 Å². The van der Waals surface area contributed by atoms with Gasteiger partial charge in [-0.1, -0.05) is 0 Å². The standard InChI is InChI=1S/C3H6O3Si/c1-3-2-5-7(4)6-3/h3H,2H2,1H3. The molecule has 1 heterocycles. The van der Waals surface area contributed by atoms with E-state index in [-0.39, 0.29) is 6.10 Å². The minimum absolute atomic E-state index is 0.0337. The Balaban J connectivity index is 2.40. The van der Waals surface area contributed by atoms with Crippen molar-refractivity contribution in [3.8, 4) is 0 Å². The third-order valence-corrected chi connectivity index (χ3v) is 1.73. The molecule has 0 amide bonds. The van der Waals surface area contributed by atoms with Gasteiger partial charge >= 0.3 is 9.17 Å². The molecule has 0 saturated carbocycles. The van der Waals surface area contributed by atoms with Crippen LogP contribution in [0.2, 0.25) is 0 Å². The van der Waals surface area contributed by atoms with Crippen molar-refractivity contribution < 1.29 is 13.3 Å². The van der Waals surface area contributed by atoms with Gasteiger partial charge in [-0.15, -0.1) is 0 Å². The number of hydrogen-bond acceptors (Lipinski definition) is 3. The zero-order chi connectivity index (χ0) is 5.28. The van der Waals surface area contributed by atoms with E-state index in [4.69, 9.17) is 0 Å². The lowest BCUT2D eigenvalue weighted by Gasteiger charge is -1.92. The van der Waals surface area contributed by atoms with E-state index >= 15 is 0 Å². The molecule has 7 heavy (non-hydrogen) atoms. The summed E-state index contributed by atoms with van der Waals surface area (Å²) >= 11 is 0. The van der Waals surface area contributed by atoms with Gasteiger partial charge in [0.2, 0.25) is 0 Å². The van der Waals surface area contributed by atoms with E-state index < -0.39 is 9.17 Å². The number of hydrogen-bond donors (Lipinski definition) is 0. The van der Waals surface area contributed by atoms with Crippen molar-refractivity contribution in [3.05, 3.63) is 0 Å². The maximum Gasteiger partial charge on any atom is 0.767 e. The molecule has 0 spiro atoms. The summed E-state index contributed by atoms with van der Waals surface area (Å²) < 4.78 is 19.5. The van der Waals surface area contributed by atoms with Crippen LogP contribution in [0.4, 0.5) is 0 Å². The Morgan fingerprint density at radius 2 is 2.57 bits per heavy atom. The SMILES string of the molecule is CC1CO[Si](=O)O1. The van der Waals surface area contributed by atoms with Crippen LogP contribution in [0.25, 0.3) is 0 Å². The first-order valence-electron chi connectivity index (χ1n) is 2.12. The number of rotatable bonds is 0. The second-order valence-corrected chi connectivity index (χ2v) is 2.51. The molecule has 0 radical (unpaired) electrons. The quantitative estimate of drug-likeness (QED) is 0.414. The highest BCUT2D eigenvalue weighted by molar-refractivity contribution is 6.26. The Hall–Kier alpha value is -0.383. The predicted octanol–water partition coefficient (Wildman–Crippen LogP) is -0.163. The predicted molar refractivity (Wildman–Crippen MR) is 22.9 cm³/mol. The summed E-state index contributed by atoms with van der Waals surface area (Å²) in [6.07, 6.45) is 0.0337. The molecule has 1 aliphatic rings. The molecule has 0 aromatic carbocycles. The molecule has 0 bridgehead atoms. The normalized spacial score (nSPS) is 29.3. The molecule has 1 atom stereocenters. The minimum Gasteiger partial charge on any atom is -0.492 e. The molecule has 1 fully saturated rings. The van der Waals surface area contributed by atoms with Crippen molar-refractivity contribution in [2.45, 2.75) is 13.0 Å². The summed E-state index contributed by atoms with van der Waals surface area (Å²) in [7, 11) is -2.06. The summed E-state index contributed by atoms with van der Waals surface area (Å²) in [6.45, 7) is 2.31. The Kier molecular flexibility index (Phi) is 1.10. The fourth-order valence-electron chi connectivity index (χ4n) is 0.418. The van der Waals surface area contributed by atoms with Crippen molar-refractivity contribution in [3.63, 3.8) is 0 Å². The minimum atomic E-state index is -2.06. The third-order valence-electron chi connectivity index (χ3n) is 0.733. The van der Waals surface area contributed by atoms with Crippen LogP contribution < -0.4 is 0 Å². The van der Waals surface area contributed by atoms with E-state index in [1.54, 1.807) is 0 Å². The molecular formula is C3H6O3Si. The Morgan fingerprint density at radius 3 is 2.71 bits per heavy atom. The van der Waals surface area contributed by atoms with Crippen LogP contribution >= 0.6 is 0 Å². The molecule has 40 valence electrons. The lowest BCUT2D eigenvalue weighted by Crippen LogP contribution is -2.03. The van der Waals surface area contributed by atoms with E-state index in [2.05, 4.69) is 8.85 Å². The van der Waals surface area contributed by atoms with Crippen LogP contribution in [-0.2, 0) is 13.3 Å². The Labute approximate surface area is 43.1 Å². The lowest BCUT2D eigenvalue weighted by molar-refractivity contribution is 0.247. The molecule has 0 aromatic heterocycles. The van der Waals surface area contributed by atoms with Crippen molar-refractivity contribution in [1.29, 1.82) is 0 Å². The van der Waals surface area contributed by atoms with Crippen LogP contribution in [-0.4, -0.2) is 21.9 Å². The molecule has 1 rings (SSSR count). The fraction of sp³-hybridized carbons (Fsp3) is 1.00. The van der Waals surface area contributed by atoms with E-state index in [1.165, 1.54) is 0 Å². The summed E-state index contributed by atoms with van der Waals surface area (Å²) in [5.74, 6) is 0.